The highest BCUT2D eigenvalue weighted by Crippen LogP contribution is 2.50. The molecular weight excluding hydrogens is 360 g/mol. The van der Waals surface area contributed by atoms with Gasteiger partial charge in [0.2, 0.25) is 5.91 Å². The lowest BCUT2D eigenvalue weighted by Gasteiger charge is -2.59. The number of likely N-dealkylation sites (tertiary alicyclic amines) is 1. The van der Waals surface area contributed by atoms with Gasteiger partial charge in [-0.2, -0.15) is 0 Å². The van der Waals surface area contributed by atoms with Gasteiger partial charge >= 0.3 is 0 Å². The Morgan fingerprint density at radius 2 is 1.85 bits per heavy atom. The molecule has 152 valence electrons. The molecule has 0 aromatic heterocycles. The Balaban J connectivity index is 0.00000261. The maximum atomic E-state index is 13.1. The lowest BCUT2D eigenvalue weighted by atomic mass is 9.54. The number of halogens is 1. The molecule has 0 radical (unpaired) electrons. The third-order valence-corrected chi connectivity index (χ3v) is 6.80. The molecule has 2 atom stereocenters. The number of carbonyl (C=O) groups excluding carboxylic acids is 1. The summed E-state index contributed by atoms with van der Waals surface area (Å²) in [5.74, 6) is 0.832. The van der Waals surface area contributed by atoms with Crippen LogP contribution in [0.2, 0.25) is 0 Å². The number of carbonyl (C=O) groups is 1. The third kappa shape index (κ3) is 4.33. The fourth-order valence-corrected chi connectivity index (χ4v) is 4.52. The number of piperidine rings is 1. The molecule has 27 heavy (non-hydrogen) atoms. The van der Waals surface area contributed by atoms with E-state index in [4.69, 9.17) is 10.5 Å². The highest BCUT2D eigenvalue weighted by atomic mass is 35.5. The molecule has 0 spiro atoms. The van der Waals surface area contributed by atoms with E-state index in [2.05, 4.69) is 44.2 Å². The predicted molar refractivity (Wildman–Crippen MR) is 112 cm³/mol. The Hall–Kier alpha value is -1.10. The highest BCUT2D eigenvalue weighted by molar-refractivity contribution is 5.89. The lowest BCUT2D eigenvalue weighted by Crippen LogP contribution is -2.76. The van der Waals surface area contributed by atoms with Crippen LogP contribution in [0.15, 0.2) is 30.3 Å². The number of ether oxygens (including phenoxy) is 1. The van der Waals surface area contributed by atoms with E-state index >= 15 is 0 Å². The summed E-state index contributed by atoms with van der Waals surface area (Å²) in [4.78, 5) is 15.1. The van der Waals surface area contributed by atoms with Crippen molar-refractivity contribution in [2.75, 3.05) is 19.7 Å². The molecule has 0 bridgehead atoms. The standard InChI is InChI=1S/C22H34N2O2.ClH/c1-4-26-19-16-22(23,21(19,2)3)20(25)24-14-12-18(13-15-24)11-10-17-8-6-5-7-9-17;/h5-9,18-19H,4,10-16,23H2,1-3H3;1H. The number of aryl methyl sites for hydroxylation is 1. The van der Waals surface area contributed by atoms with Crippen LogP contribution in [0.4, 0.5) is 0 Å². The Bertz CT molecular complexity index is 614. The summed E-state index contributed by atoms with van der Waals surface area (Å²) in [6, 6.07) is 10.7. The van der Waals surface area contributed by atoms with Crippen LogP contribution in [0.5, 0.6) is 0 Å². The molecule has 2 unspecified atom stereocenters. The minimum atomic E-state index is -0.774. The molecule has 4 nitrogen and oxygen atoms in total. The van der Waals surface area contributed by atoms with Gasteiger partial charge in [0.1, 0.15) is 5.54 Å². The molecule has 1 amide bonds. The molecule has 2 aliphatic rings. The Morgan fingerprint density at radius 1 is 1.22 bits per heavy atom. The van der Waals surface area contributed by atoms with E-state index in [1.54, 1.807) is 0 Å². The average molecular weight is 395 g/mol. The summed E-state index contributed by atoms with van der Waals surface area (Å²) in [7, 11) is 0. The molecule has 3 rings (SSSR count). The SMILES string of the molecule is CCOC1CC(N)(C(=O)N2CCC(CCc3ccccc3)CC2)C1(C)C.Cl. The summed E-state index contributed by atoms with van der Waals surface area (Å²) in [5, 5.41) is 0. The fraction of sp³-hybridized carbons (Fsp3) is 0.682. The van der Waals surface area contributed by atoms with Crippen molar-refractivity contribution in [2.24, 2.45) is 17.1 Å². The van der Waals surface area contributed by atoms with Gasteiger partial charge in [0.15, 0.2) is 0 Å². The summed E-state index contributed by atoms with van der Waals surface area (Å²) in [6.45, 7) is 8.49. The fourth-order valence-electron chi connectivity index (χ4n) is 4.52. The van der Waals surface area contributed by atoms with Gasteiger partial charge in [-0.15, -0.1) is 12.4 Å². The second-order valence-corrected chi connectivity index (χ2v) is 8.60. The molecule has 5 heteroatoms. The predicted octanol–water partition coefficient (Wildman–Crippen LogP) is 3.81. The first-order valence-electron chi connectivity index (χ1n) is 10.1. The van der Waals surface area contributed by atoms with Crippen molar-refractivity contribution in [1.82, 2.24) is 4.90 Å². The van der Waals surface area contributed by atoms with E-state index in [-0.39, 0.29) is 29.8 Å². The number of nitrogens with two attached hydrogens (primary N) is 1. The van der Waals surface area contributed by atoms with Gasteiger partial charge in [0, 0.05) is 31.5 Å². The van der Waals surface area contributed by atoms with Crippen molar-refractivity contribution in [2.45, 2.75) is 64.5 Å². The summed E-state index contributed by atoms with van der Waals surface area (Å²) in [5.41, 5.74) is 6.91. The summed E-state index contributed by atoms with van der Waals surface area (Å²) < 4.78 is 5.77. The molecule has 2 fully saturated rings. The van der Waals surface area contributed by atoms with Gasteiger partial charge in [-0.25, -0.2) is 0 Å². The zero-order valence-corrected chi connectivity index (χ0v) is 17.8. The molecule has 2 N–H and O–H groups in total. The molecule has 1 heterocycles. The Morgan fingerprint density at radius 3 is 2.41 bits per heavy atom. The molecule has 1 aliphatic carbocycles. The number of rotatable bonds is 6. The number of amides is 1. The van der Waals surface area contributed by atoms with Crippen LogP contribution >= 0.6 is 12.4 Å². The lowest BCUT2D eigenvalue weighted by molar-refractivity contribution is -0.180. The second-order valence-electron chi connectivity index (χ2n) is 8.60. The first kappa shape index (κ1) is 22.2. The zero-order valence-electron chi connectivity index (χ0n) is 16.9. The van der Waals surface area contributed by atoms with E-state index in [0.29, 0.717) is 18.9 Å². The van der Waals surface area contributed by atoms with Gasteiger partial charge in [-0.05, 0) is 44.1 Å². The summed E-state index contributed by atoms with van der Waals surface area (Å²) >= 11 is 0. The highest BCUT2D eigenvalue weighted by Gasteiger charge is 2.63. The first-order valence-corrected chi connectivity index (χ1v) is 10.1. The van der Waals surface area contributed by atoms with Crippen LogP contribution in [0, 0.1) is 11.3 Å². The molecular formula is C22H35ClN2O2. The van der Waals surface area contributed by atoms with Crippen LogP contribution < -0.4 is 5.73 Å². The topological polar surface area (TPSA) is 55.6 Å². The second kappa shape index (κ2) is 8.93. The van der Waals surface area contributed by atoms with Crippen LogP contribution in [0.1, 0.15) is 52.0 Å². The molecule has 1 aromatic rings. The van der Waals surface area contributed by atoms with Crippen molar-refractivity contribution in [3.05, 3.63) is 35.9 Å². The minimum Gasteiger partial charge on any atom is -0.378 e. The van der Waals surface area contributed by atoms with Crippen molar-refractivity contribution < 1.29 is 9.53 Å². The van der Waals surface area contributed by atoms with E-state index in [1.807, 2.05) is 11.8 Å². The maximum Gasteiger partial charge on any atom is 0.243 e. The van der Waals surface area contributed by atoms with Gasteiger partial charge < -0.3 is 15.4 Å². The largest absolute Gasteiger partial charge is 0.378 e. The maximum absolute atomic E-state index is 13.1. The van der Waals surface area contributed by atoms with Crippen LogP contribution in [-0.4, -0.2) is 42.1 Å². The van der Waals surface area contributed by atoms with Gasteiger partial charge in [-0.3, -0.25) is 4.79 Å². The van der Waals surface area contributed by atoms with Crippen LogP contribution in [-0.2, 0) is 16.0 Å². The van der Waals surface area contributed by atoms with E-state index < -0.39 is 5.54 Å². The monoisotopic (exact) mass is 394 g/mol. The number of benzene rings is 1. The molecule has 1 aliphatic heterocycles. The van der Waals surface area contributed by atoms with E-state index in [9.17, 15) is 4.79 Å². The van der Waals surface area contributed by atoms with Gasteiger partial charge in [0.25, 0.3) is 0 Å². The van der Waals surface area contributed by atoms with Crippen molar-refractivity contribution in [3.8, 4) is 0 Å². The van der Waals surface area contributed by atoms with Crippen molar-refractivity contribution >= 4 is 18.3 Å². The molecule has 1 saturated heterocycles. The average Bonchev–Trinajstić information content (AvgIpc) is 2.66. The number of nitrogens with zero attached hydrogens (tertiary/aromatic N) is 1. The normalized spacial score (nSPS) is 27.6. The minimum absolute atomic E-state index is 0. The zero-order chi connectivity index (χ0) is 18.8. The third-order valence-electron chi connectivity index (χ3n) is 6.80. The van der Waals surface area contributed by atoms with Gasteiger partial charge in [0.05, 0.1) is 6.10 Å². The number of hydrogen-bond donors (Lipinski definition) is 1. The number of hydrogen-bond acceptors (Lipinski definition) is 3. The summed E-state index contributed by atoms with van der Waals surface area (Å²) in [6.07, 6.45) is 5.24. The van der Waals surface area contributed by atoms with Gasteiger partial charge in [-0.1, -0.05) is 44.2 Å². The van der Waals surface area contributed by atoms with Crippen LogP contribution in [0.25, 0.3) is 0 Å². The quantitative estimate of drug-likeness (QED) is 0.798. The smallest absolute Gasteiger partial charge is 0.243 e. The van der Waals surface area contributed by atoms with Crippen molar-refractivity contribution in [1.29, 1.82) is 0 Å². The van der Waals surface area contributed by atoms with Crippen molar-refractivity contribution in [3.63, 3.8) is 0 Å². The van der Waals surface area contributed by atoms with E-state index in [0.717, 1.165) is 32.4 Å². The molecule has 1 saturated carbocycles. The van der Waals surface area contributed by atoms with E-state index in [1.165, 1.54) is 12.0 Å². The molecule has 1 aromatic carbocycles. The Kier molecular flexibility index (Phi) is 7.34. The first-order chi connectivity index (χ1) is 12.4. The Labute approximate surface area is 170 Å². The van der Waals surface area contributed by atoms with Crippen LogP contribution in [0.3, 0.4) is 0 Å².